The molecule has 0 aliphatic carbocycles. The highest BCUT2D eigenvalue weighted by Crippen LogP contribution is 2.36. The molecule has 0 saturated carbocycles. The van der Waals surface area contributed by atoms with E-state index in [1.807, 2.05) is 19.1 Å². The van der Waals surface area contributed by atoms with Gasteiger partial charge < -0.3 is 19.4 Å². The molecule has 1 unspecified atom stereocenters. The fourth-order valence-electron chi connectivity index (χ4n) is 5.12. The van der Waals surface area contributed by atoms with Crippen LogP contribution < -0.4 is 9.80 Å². The van der Waals surface area contributed by atoms with Gasteiger partial charge in [0.15, 0.2) is 0 Å². The number of para-hydroxylation sites is 1. The quantitative estimate of drug-likeness (QED) is 0.481. The average molecular weight is 512 g/mol. The summed E-state index contributed by atoms with van der Waals surface area (Å²) in [7, 11) is 0. The van der Waals surface area contributed by atoms with Gasteiger partial charge in [-0.15, -0.1) is 11.3 Å². The summed E-state index contributed by atoms with van der Waals surface area (Å²) in [5.41, 5.74) is 1.48. The van der Waals surface area contributed by atoms with Crippen molar-refractivity contribution >= 4 is 44.9 Å². The van der Waals surface area contributed by atoms with E-state index in [9.17, 15) is 14.0 Å². The highest BCUT2D eigenvalue weighted by atomic mass is 32.1. The lowest BCUT2D eigenvalue weighted by Gasteiger charge is -2.37. The van der Waals surface area contributed by atoms with Crippen molar-refractivity contribution in [3.63, 3.8) is 0 Å². The zero-order valence-electron chi connectivity index (χ0n) is 20.6. The van der Waals surface area contributed by atoms with Crippen LogP contribution in [-0.4, -0.2) is 72.6 Å². The van der Waals surface area contributed by atoms with Crippen LogP contribution in [0, 0.1) is 18.7 Å². The van der Waals surface area contributed by atoms with E-state index >= 15 is 0 Å². The molecule has 190 valence electrons. The van der Waals surface area contributed by atoms with Crippen LogP contribution in [0.25, 0.3) is 10.2 Å². The first kappa shape index (κ1) is 24.4. The number of aryl methyl sites for hydroxylation is 1. The second-order valence-corrected chi connectivity index (χ2v) is 10.2. The summed E-state index contributed by atoms with van der Waals surface area (Å²) in [5, 5.41) is 0.893. The van der Waals surface area contributed by atoms with Gasteiger partial charge in [0, 0.05) is 39.3 Å². The Hall–Kier alpha value is -3.27. The third-order valence-corrected chi connectivity index (χ3v) is 8.19. The van der Waals surface area contributed by atoms with Crippen LogP contribution in [0.2, 0.25) is 0 Å². The minimum absolute atomic E-state index is 0.0696. The molecule has 0 radical (unpaired) electrons. The zero-order valence-corrected chi connectivity index (χ0v) is 21.4. The van der Waals surface area contributed by atoms with Gasteiger partial charge in [0.25, 0.3) is 5.91 Å². The Labute approximate surface area is 213 Å². The molecule has 2 fully saturated rings. The molecule has 3 aromatic rings. The summed E-state index contributed by atoms with van der Waals surface area (Å²) < 4.78 is 19.4. The summed E-state index contributed by atoms with van der Waals surface area (Å²) in [4.78, 5) is 42.2. The van der Waals surface area contributed by atoms with E-state index < -0.39 is 0 Å². The second kappa shape index (κ2) is 10.4. The molecule has 8 nitrogen and oxygen atoms in total. The van der Waals surface area contributed by atoms with Crippen molar-refractivity contribution < 1.29 is 18.7 Å². The Kier molecular flexibility index (Phi) is 7.04. The largest absolute Gasteiger partial charge is 0.466 e. The van der Waals surface area contributed by atoms with E-state index in [0.717, 1.165) is 34.4 Å². The minimum atomic E-state index is -0.279. The molecular weight excluding hydrogens is 481 g/mol. The molecule has 1 atom stereocenters. The Morgan fingerprint density at radius 2 is 1.86 bits per heavy atom. The van der Waals surface area contributed by atoms with Crippen molar-refractivity contribution in [1.82, 2.24) is 14.9 Å². The van der Waals surface area contributed by atoms with E-state index in [-0.39, 0.29) is 23.6 Å². The van der Waals surface area contributed by atoms with E-state index in [1.54, 1.807) is 24.2 Å². The van der Waals surface area contributed by atoms with Crippen LogP contribution in [0.5, 0.6) is 0 Å². The Balaban J connectivity index is 1.36. The van der Waals surface area contributed by atoms with Crippen molar-refractivity contribution in [2.75, 3.05) is 55.7 Å². The predicted molar refractivity (Wildman–Crippen MR) is 138 cm³/mol. The summed E-state index contributed by atoms with van der Waals surface area (Å²) >= 11 is 1.38. The number of nitrogens with zero attached hydrogens (tertiary/aromatic N) is 5. The van der Waals surface area contributed by atoms with Crippen LogP contribution >= 0.6 is 11.3 Å². The first-order valence-corrected chi connectivity index (χ1v) is 13.2. The third kappa shape index (κ3) is 4.61. The molecule has 0 bridgehead atoms. The van der Waals surface area contributed by atoms with Crippen LogP contribution in [0.15, 0.2) is 30.6 Å². The molecule has 4 heterocycles. The molecule has 1 amide bonds. The average Bonchev–Trinajstić information content (AvgIpc) is 3.25. The fraction of sp³-hybridized carbons (Fsp3) is 0.462. The molecular formula is C26H30FN5O3S. The summed E-state index contributed by atoms with van der Waals surface area (Å²) in [5.74, 6) is 0.0168. The molecule has 0 N–H and O–H groups in total. The number of ether oxygens (including phenoxy) is 1. The predicted octanol–water partition coefficient (Wildman–Crippen LogP) is 3.88. The standard InChI is InChI=1S/C26H30FN5O3S/c1-3-35-26(34)18-7-6-10-32(15-18)25(33)22-17(2)21-23(28-16-29-24(21)36-22)31-13-11-30(12-14-31)20-9-5-4-8-19(20)27/h4-5,8-9,16,18H,3,6-7,10-15H2,1-2H3. The van der Waals surface area contributed by atoms with Crippen LogP contribution in [0.4, 0.5) is 15.9 Å². The van der Waals surface area contributed by atoms with Crippen molar-refractivity contribution in [2.24, 2.45) is 5.92 Å². The molecule has 1 aromatic carbocycles. The zero-order chi connectivity index (χ0) is 25.2. The Morgan fingerprint density at radius 1 is 1.11 bits per heavy atom. The summed E-state index contributed by atoms with van der Waals surface area (Å²) in [6, 6.07) is 6.84. The normalized spacial score (nSPS) is 18.5. The number of carbonyl (C=O) groups excluding carboxylic acids is 2. The summed E-state index contributed by atoms with van der Waals surface area (Å²) in [6.07, 6.45) is 3.06. The van der Waals surface area contributed by atoms with Crippen LogP contribution in [0.1, 0.15) is 35.0 Å². The van der Waals surface area contributed by atoms with Gasteiger partial charge >= 0.3 is 5.97 Å². The monoisotopic (exact) mass is 511 g/mol. The number of piperidine rings is 1. The third-order valence-electron chi connectivity index (χ3n) is 7.00. The Bertz CT molecular complexity index is 1270. The maximum absolute atomic E-state index is 14.3. The van der Waals surface area contributed by atoms with Crippen molar-refractivity contribution in [3.05, 3.63) is 46.9 Å². The number of piperazine rings is 1. The first-order chi connectivity index (χ1) is 17.5. The molecule has 5 rings (SSSR count). The lowest BCUT2D eigenvalue weighted by Crippen LogP contribution is -2.47. The number of esters is 1. The maximum atomic E-state index is 14.3. The number of hydrogen-bond donors (Lipinski definition) is 0. The van der Waals surface area contributed by atoms with Crippen molar-refractivity contribution in [3.8, 4) is 0 Å². The summed E-state index contributed by atoms with van der Waals surface area (Å²) in [6.45, 7) is 7.80. The lowest BCUT2D eigenvalue weighted by molar-refractivity contribution is -0.149. The number of halogens is 1. The van der Waals surface area contributed by atoms with Gasteiger partial charge in [0.05, 0.1) is 28.5 Å². The molecule has 2 aromatic heterocycles. The number of fused-ring (bicyclic) bond motifs is 1. The molecule has 2 saturated heterocycles. The van der Waals surface area contributed by atoms with Crippen molar-refractivity contribution in [2.45, 2.75) is 26.7 Å². The van der Waals surface area contributed by atoms with Gasteiger partial charge in [-0.2, -0.15) is 0 Å². The van der Waals surface area contributed by atoms with Gasteiger partial charge in [-0.3, -0.25) is 9.59 Å². The van der Waals surface area contributed by atoms with E-state index in [0.29, 0.717) is 56.4 Å². The molecule has 0 spiro atoms. The van der Waals surface area contributed by atoms with Gasteiger partial charge in [0.1, 0.15) is 22.8 Å². The van der Waals surface area contributed by atoms with Crippen LogP contribution in [-0.2, 0) is 9.53 Å². The van der Waals surface area contributed by atoms with Crippen molar-refractivity contribution in [1.29, 1.82) is 0 Å². The van der Waals surface area contributed by atoms with E-state index in [4.69, 9.17) is 4.74 Å². The number of carbonyl (C=O) groups is 2. The van der Waals surface area contributed by atoms with Gasteiger partial charge in [-0.05, 0) is 44.4 Å². The number of amides is 1. The highest BCUT2D eigenvalue weighted by molar-refractivity contribution is 7.20. The molecule has 2 aliphatic heterocycles. The first-order valence-electron chi connectivity index (χ1n) is 12.4. The van der Waals surface area contributed by atoms with Gasteiger partial charge in [-0.1, -0.05) is 12.1 Å². The van der Waals surface area contributed by atoms with E-state index in [2.05, 4.69) is 19.8 Å². The smallest absolute Gasteiger partial charge is 0.310 e. The fourth-order valence-corrected chi connectivity index (χ4v) is 6.23. The number of benzene rings is 1. The maximum Gasteiger partial charge on any atom is 0.310 e. The lowest BCUT2D eigenvalue weighted by atomic mass is 9.98. The van der Waals surface area contributed by atoms with Gasteiger partial charge in [0.2, 0.25) is 0 Å². The number of likely N-dealkylation sites (tertiary alicyclic amines) is 1. The number of hydrogen-bond acceptors (Lipinski definition) is 8. The van der Waals surface area contributed by atoms with E-state index in [1.165, 1.54) is 17.4 Å². The van der Waals surface area contributed by atoms with Gasteiger partial charge in [-0.25, -0.2) is 14.4 Å². The Morgan fingerprint density at radius 3 is 2.61 bits per heavy atom. The number of aromatic nitrogens is 2. The van der Waals surface area contributed by atoms with Crippen LogP contribution in [0.3, 0.4) is 0 Å². The molecule has 36 heavy (non-hydrogen) atoms. The minimum Gasteiger partial charge on any atom is -0.466 e. The number of thiophene rings is 1. The number of rotatable bonds is 5. The highest BCUT2D eigenvalue weighted by Gasteiger charge is 2.32. The molecule has 2 aliphatic rings. The molecule has 10 heteroatoms. The second-order valence-electron chi connectivity index (χ2n) is 9.20. The topological polar surface area (TPSA) is 78.9 Å². The number of anilines is 2. The SMILES string of the molecule is CCOC(=O)C1CCCN(C(=O)c2sc3ncnc(N4CCN(c5ccccc5F)CC4)c3c2C)C1.